The molecule has 0 aliphatic rings. The molecule has 0 bridgehead atoms. The van der Waals surface area contributed by atoms with Gasteiger partial charge in [-0.05, 0) is 0 Å². The third-order valence-corrected chi connectivity index (χ3v) is 4.41. The predicted molar refractivity (Wildman–Crippen MR) is 110 cm³/mol. The molecule has 154 valence electrons. The van der Waals surface area contributed by atoms with Crippen molar-refractivity contribution in [1.29, 1.82) is 0 Å². The van der Waals surface area contributed by atoms with Gasteiger partial charge in [-0.15, -0.1) is 24.3 Å². The van der Waals surface area contributed by atoms with E-state index in [2.05, 4.69) is 50.8 Å². The van der Waals surface area contributed by atoms with Crippen LogP contribution in [0.5, 0.6) is 0 Å². The van der Waals surface area contributed by atoms with Crippen molar-refractivity contribution in [2.45, 2.75) is 0 Å². The zero-order valence-electron chi connectivity index (χ0n) is 16.0. The zero-order chi connectivity index (χ0) is 20.2. The molecule has 6 rings (SSSR count). The van der Waals surface area contributed by atoms with Crippen molar-refractivity contribution in [1.82, 2.24) is 50.8 Å². The maximum absolute atomic E-state index is 4.15. The summed E-state index contributed by atoms with van der Waals surface area (Å²) in [6, 6.07) is 15.8. The summed E-state index contributed by atoms with van der Waals surface area (Å²) in [5.41, 5.74) is 5.19. The summed E-state index contributed by atoms with van der Waals surface area (Å²) < 4.78 is 0. The van der Waals surface area contributed by atoms with Crippen molar-refractivity contribution < 1.29 is 17.1 Å². The van der Waals surface area contributed by atoms with Crippen LogP contribution in [0.4, 0.5) is 0 Å². The Bertz CT molecular complexity index is 1080. The minimum Gasteiger partial charge on any atom is -0.351 e. The first-order chi connectivity index (χ1) is 14.9. The molecule has 31 heavy (non-hydrogen) atoms. The van der Waals surface area contributed by atoms with Gasteiger partial charge in [0.2, 0.25) is 0 Å². The van der Waals surface area contributed by atoms with Crippen molar-refractivity contribution in [3.8, 4) is 45.6 Å². The number of hydrogen-bond donors (Lipinski definition) is 4. The van der Waals surface area contributed by atoms with E-state index in [4.69, 9.17) is 0 Å². The number of aromatic amines is 4. The van der Waals surface area contributed by atoms with E-state index in [1.165, 1.54) is 0 Å². The fourth-order valence-corrected chi connectivity index (χ4v) is 3.05. The fourth-order valence-electron chi connectivity index (χ4n) is 3.05. The van der Waals surface area contributed by atoms with Crippen molar-refractivity contribution in [2.75, 3.05) is 0 Å². The van der Waals surface area contributed by atoms with Crippen LogP contribution in [-0.4, -0.2) is 50.8 Å². The summed E-state index contributed by atoms with van der Waals surface area (Å²) in [5.74, 6) is 1.44. The van der Waals surface area contributed by atoms with Gasteiger partial charge in [-0.1, -0.05) is 11.1 Å². The number of imidazole rings is 2. The van der Waals surface area contributed by atoms with Gasteiger partial charge < -0.3 is 9.97 Å². The molecule has 2 aromatic carbocycles. The predicted octanol–water partition coefficient (Wildman–Crippen LogP) is 3.16. The van der Waals surface area contributed by atoms with Crippen molar-refractivity contribution in [3.05, 3.63) is 73.3 Å². The molecule has 0 spiro atoms. The van der Waals surface area contributed by atoms with Gasteiger partial charge >= 0.3 is 17.1 Å². The second-order valence-corrected chi connectivity index (χ2v) is 6.26. The average molecular weight is 452 g/mol. The molecule has 4 aromatic heterocycles. The summed E-state index contributed by atoms with van der Waals surface area (Å²) in [7, 11) is 0. The van der Waals surface area contributed by atoms with E-state index in [0.29, 0.717) is 0 Å². The first-order valence-corrected chi connectivity index (χ1v) is 9.15. The van der Waals surface area contributed by atoms with Crippen molar-refractivity contribution in [3.63, 3.8) is 0 Å². The van der Waals surface area contributed by atoms with E-state index >= 15 is 0 Å². The Kier molecular flexibility index (Phi) is 5.97. The number of hydrogen-bond acceptors (Lipinski definition) is 6. The van der Waals surface area contributed by atoms with Crippen LogP contribution in [0, 0.1) is 0 Å². The van der Waals surface area contributed by atoms with Crippen molar-refractivity contribution >= 4 is 0 Å². The second kappa shape index (κ2) is 9.16. The molecule has 10 nitrogen and oxygen atoms in total. The van der Waals surface area contributed by atoms with E-state index in [0.717, 1.165) is 45.6 Å². The molecule has 0 saturated carbocycles. The fraction of sp³-hybridized carbons (Fsp3) is 0. The Morgan fingerprint density at radius 3 is 1.35 bits per heavy atom. The van der Waals surface area contributed by atoms with Crippen LogP contribution in [0.1, 0.15) is 0 Å². The number of aromatic nitrogens is 10. The van der Waals surface area contributed by atoms with Gasteiger partial charge in [-0.3, -0.25) is 0 Å². The standard InChI is InChI=1S/2C10H8N5.Fe/c2*1-2-4-7(3-1)8-9(14-15-13-8)10-11-5-6-12-10;/h2*1-6H,(H,11,12)(H,13,14,15);/q2*-1;+2. The SMILES string of the molecule is [Fe+2].c1cc[c-](-c2n[nH]nc2-c2ncc[nH]2)c1.c1cc[c-](-c2n[nH]nc2-c2ncc[nH]2)c1. The molecule has 0 fully saturated rings. The van der Waals surface area contributed by atoms with E-state index in [9.17, 15) is 0 Å². The van der Waals surface area contributed by atoms with E-state index in [1.54, 1.807) is 24.8 Å². The zero-order valence-corrected chi connectivity index (χ0v) is 17.1. The summed E-state index contributed by atoms with van der Waals surface area (Å²) in [6.45, 7) is 0. The van der Waals surface area contributed by atoms with Gasteiger partial charge in [-0.25, -0.2) is 30.6 Å². The Balaban J connectivity index is 0.000000144. The average Bonchev–Trinajstić information content (AvgIpc) is 3.64. The Hall–Kier alpha value is -4.08. The molecular formula is C20H16FeN10. The number of H-pyrrole nitrogens is 4. The molecule has 4 heterocycles. The third-order valence-electron chi connectivity index (χ3n) is 4.41. The Morgan fingerprint density at radius 2 is 1.00 bits per heavy atom. The molecule has 0 radical (unpaired) electrons. The van der Waals surface area contributed by atoms with Crippen LogP contribution in [0.2, 0.25) is 0 Å². The minimum absolute atomic E-state index is 0. The van der Waals surface area contributed by atoms with Crippen LogP contribution in [0.15, 0.2) is 73.3 Å². The number of rotatable bonds is 4. The quantitative estimate of drug-likeness (QED) is 0.239. The summed E-state index contributed by atoms with van der Waals surface area (Å²) in [4.78, 5) is 14.3. The van der Waals surface area contributed by atoms with Gasteiger partial charge in [0.05, 0.1) is 11.4 Å². The Labute approximate surface area is 186 Å². The van der Waals surface area contributed by atoms with E-state index < -0.39 is 0 Å². The number of nitrogens with one attached hydrogen (secondary N) is 4. The normalized spacial score (nSPS) is 10.3. The molecule has 4 N–H and O–H groups in total. The molecule has 0 amide bonds. The third kappa shape index (κ3) is 4.13. The molecule has 0 aliphatic carbocycles. The van der Waals surface area contributed by atoms with Crippen molar-refractivity contribution in [2.24, 2.45) is 0 Å². The molecule has 0 saturated heterocycles. The Morgan fingerprint density at radius 1 is 0.581 bits per heavy atom. The minimum atomic E-state index is 0. The van der Waals surface area contributed by atoms with Crippen LogP contribution in [0.25, 0.3) is 45.6 Å². The first kappa shape index (κ1) is 20.2. The van der Waals surface area contributed by atoms with E-state index in [-0.39, 0.29) is 17.1 Å². The molecular weight excluding hydrogens is 436 g/mol. The van der Waals surface area contributed by atoms with E-state index in [1.807, 2.05) is 48.5 Å². The van der Waals surface area contributed by atoms with Gasteiger partial charge in [0.15, 0.2) is 0 Å². The van der Waals surface area contributed by atoms with Crippen LogP contribution >= 0.6 is 0 Å². The summed E-state index contributed by atoms with van der Waals surface area (Å²) >= 11 is 0. The van der Waals surface area contributed by atoms with Gasteiger partial charge in [-0.2, -0.15) is 34.5 Å². The molecule has 0 atom stereocenters. The molecule has 0 aliphatic heterocycles. The first-order valence-electron chi connectivity index (χ1n) is 9.15. The number of nitrogens with zero attached hydrogens (tertiary/aromatic N) is 6. The van der Waals surface area contributed by atoms with Crippen LogP contribution in [0.3, 0.4) is 0 Å². The second-order valence-electron chi connectivity index (χ2n) is 6.26. The molecule has 0 unspecified atom stereocenters. The monoisotopic (exact) mass is 452 g/mol. The van der Waals surface area contributed by atoms with Gasteiger partial charge in [0.25, 0.3) is 0 Å². The maximum atomic E-state index is 4.15. The summed E-state index contributed by atoms with van der Waals surface area (Å²) in [6.07, 6.45) is 6.91. The van der Waals surface area contributed by atoms with Crippen LogP contribution in [-0.2, 0) is 17.1 Å². The van der Waals surface area contributed by atoms with Gasteiger partial charge in [0.1, 0.15) is 11.6 Å². The summed E-state index contributed by atoms with van der Waals surface area (Å²) in [5, 5.41) is 21.6. The molecule has 6 aromatic rings. The molecule has 11 heteroatoms. The maximum Gasteiger partial charge on any atom is 2.00 e. The van der Waals surface area contributed by atoms with Gasteiger partial charge in [0, 0.05) is 36.2 Å². The topological polar surface area (TPSA) is 140 Å². The smallest absolute Gasteiger partial charge is 0.351 e. The largest absolute Gasteiger partial charge is 2.00 e. The van der Waals surface area contributed by atoms with Crippen LogP contribution < -0.4 is 0 Å².